The van der Waals surface area contributed by atoms with E-state index in [-0.39, 0.29) is 0 Å². The second kappa shape index (κ2) is 2.14. The summed E-state index contributed by atoms with van der Waals surface area (Å²) in [6, 6.07) is 0. The van der Waals surface area contributed by atoms with Gasteiger partial charge in [-0.25, -0.2) is 0 Å². The van der Waals surface area contributed by atoms with Crippen molar-refractivity contribution in [2.45, 2.75) is 12.8 Å². The van der Waals surface area contributed by atoms with Crippen LogP contribution in [0.4, 0.5) is 0 Å². The van der Waals surface area contributed by atoms with Crippen LogP contribution in [-0.4, -0.2) is 6.54 Å². The molecule has 1 aliphatic carbocycles. The Balaban J connectivity index is 2.10. The second-order valence-electron chi connectivity index (χ2n) is 2.82. The summed E-state index contributed by atoms with van der Waals surface area (Å²) < 4.78 is 0. The Hall–Kier alpha value is -0.300. The van der Waals surface area contributed by atoms with Gasteiger partial charge in [-0.2, -0.15) is 0 Å². The molecule has 0 saturated carbocycles. The minimum Gasteiger partial charge on any atom is -0.307 e. The van der Waals surface area contributed by atoms with Crippen molar-refractivity contribution >= 4 is 0 Å². The molecule has 0 aromatic heterocycles. The van der Waals surface area contributed by atoms with Crippen molar-refractivity contribution in [3.8, 4) is 0 Å². The van der Waals surface area contributed by atoms with Crippen molar-refractivity contribution in [2.75, 3.05) is 6.54 Å². The topological polar surface area (TPSA) is 12.0 Å². The maximum atomic E-state index is 3.22. The number of rotatable bonds is 0. The van der Waals surface area contributed by atoms with E-state index >= 15 is 0 Å². The molecule has 1 heteroatoms. The predicted octanol–water partition coefficient (Wildman–Crippen LogP) is 1.21. The second-order valence-corrected chi connectivity index (χ2v) is 2.82. The summed E-state index contributed by atoms with van der Waals surface area (Å²) in [5.74, 6) is 1.48. The molecule has 1 saturated heterocycles. The Morgan fingerprint density at radius 3 is 3.44 bits per heavy atom. The molecule has 2 rings (SSSR count). The fraction of sp³-hybridized carbons (Fsp3) is 0.625. The Morgan fingerprint density at radius 1 is 1.56 bits per heavy atom. The lowest BCUT2D eigenvalue weighted by Crippen LogP contribution is -2.11. The first kappa shape index (κ1) is 5.48. The molecule has 2 aliphatic rings. The van der Waals surface area contributed by atoms with E-state index in [1.807, 2.05) is 0 Å². The molecule has 1 heterocycles. The zero-order valence-electron chi connectivity index (χ0n) is 5.43. The quantitative estimate of drug-likeness (QED) is 0.475. The first-order valence-corrected chi connectivity index (χ1v) is 3.62. The standard InChI is InChI=1S/C8H11N/c1-2-4-8-6-9-5-7(8)3-1/h1,3,7-9H,2,4,6H2. The van der Waals surface area contributed by atoms with Gasteiger partial charge in [0.05, 0.1) is 6.54 Å². The molecule has 1 nitrogen and oxygen atoms in total. The summed E-state index contributed by atoms with van der Waals surface area (Å²) >= 11 is 0. The molecule has 0 aromatic carbocycles. The van der Waals surface area contributed by atoms with Crippen LogP contribution in [0.3, 0.4) is 0 Å². The molecule has 48 valence electrons. The summed E-state index contributed by atoms with van der Waals surface area (Å²) in [6.45, 7) is 4.37. The van der Waals surface area contributed by atoms with E-state index in [0.29, 0.717) is 5.92 Å². The van der Waals surface area contributed by atoms with Gasteiger partial charge in [-0.05, 0) is 25.3 Å². The number of hydrogen-bond donors (Lipinski definition) is 1. The largest absolute Gasteiger partial charge is 0.307 e. The monoisotopic (exact) mass is 121 g/mol. The van der Waals surface area contributed by atoms with Crippen molar-refractivity contribution < 1.29 is 0 Å². The van der Waals surface area contributed by atoms with Crippen molar-refractivity contribution in [2.24, 2.45) is 11.8 Å². The zero-order chi connectivity index (χ0) is 6.10. The molecule has 1 aliphatic heterocycles. The molecule has 0 aromatic rings. The van der Waals surface area contributed by atoms with Gasteiger partial charge in [0.2, 0.25) is 0 Å². The van der Waals surface area contributed by atoms with E-state index in [4.69, 9.17) is 0 Å². The Bertz CT molecular complexity index is 129. The highest BCUT2D eigenvalue weighted by Crippen LogP contribution is 2.29. The highest BCUT2D eigenvalue weighted by molar-refractivity contribution is 5.06. The maximum Gasteiger partial charge on any atom is 0.0665 e. The predicted molar refractivity (Wildman–Crippen MR) is 36.6 cm³/mol. The molecule has 0 amide bonds. The highest BCUT2D eigenvalue weighted by atomic mass is 14.9. The van der Waals surface area contributed by atoms with E-state index in [1.165, 1.54) is 12.8 Å². The minimum absolute atomic E-state index is 0.624. The first-order chi connectivity index (χ1) is 4.47. The van der Waals surface area contributed by atoms with Crippen molar-refractivity contribution in [1.29, 1.82) is 0 Å². The molecule has 0 bridgehead atoms. The average molecular weight is 121 g/mol. The molecule has 1 N–H and O–H groups in total. The third-order valence-corrected chi connectivity index (χ3v) is 2.19. The number of fused-ring (bicyclic) bond motifs is 1. The van der Waals surface area contributed by atoms with Crippen LogP contribution in [-0.2, 0) is 0 Å². The molecule has 2 atom stereocenters. The van der Waals surface area contributed by atoms with Crippen LogP contribution in [0.5, 0.6) is 0 Å². The van der Waals surface area contributed by atoms with Crippen LogP contribution in [0, 0.1) is 18.4 Å². The van der Waals surface area contributed by atoms with Crippen LogP contribution >= 0.6 is 0 Å². The molecule has 9 heavy (non-hydrogen) atoms. The van der Waals surface area contributed by atoms with E-state index in [1.54, 1.807) is 0 Å². The normalized spacial score (nSPS) is 40.9. The Morgan fingerprint density at radius 2 is 2.56 bits per heavy atom. The van der Waals surface area contributed by atoms with Gasteiger partial charge in [0, 0.05) is 5.92 Å². The summed E-state index contributed by atoms with van der Waals surface area (Å²) in [7, 11) is 0. The number of hydrogen-bond acceptors (Lipinski definition) is 1. The van der Waals surface area contributed by atoms with Crippen LogP contribution in [0.25, 0.3) is 0 Å². The van der Waals surface area contributed by atoms with Gasteiger partial charge in [0.1, 0.15) is 0 Å². The van der Waals surface area contributed by atoms with Crippen LogP contribution in [0.2, 0.25) is 0 Å². The molecule has 2 radical (unpaired) electrons. The fourth-order valence-electron chi connectivity index (χ4n) is 1.59. The molecule has 0 spiro atoms. The number of nitrogens with one attached hydrogen (secondary N) is 1. The molecule has 1 fully saturated rings. The molecule has 2 unspecified atom stereocenters. The summed E-state index contributed by atoms with van der Waals surface area (Å²) in [5, 5.41) is 3.16. The lowest BCUT2D eigenvalue weighted by Gasteiger charge is -2.17. The summed E-state index contributed by atoms with van der Waals surface area (Å²) in [6.07, 6.45) is 7.15. The smallest absolute Gasteiger partial charge is 0.0665 e. The maximum absolute atomic E-state index is 3.22. The average Bonchev–Trinajstić information content (AvgIpc) is 2.33. The minimum atomic E-state index is 0.624. The lowest BCUT2D eigenvalue weighted by atomic mass is 9.87. The van der Waals surface area contributed by atoms with Crippen LogP contribution < -0.4 is 5.32 Å². The lowest BCUT2D eigenvalue weighted by molar-refractivity contribution is 0.454. The van der Waals surface area contributed by atoms with E-state index < -0.39 is 0 Å². The first-order valence-electron chi connectivity index (χ1n) is 3.62. The van der Waals surface area contributed by atoms with Gasteiger partial charge in [-0.3, -0.25) is 0 Å². The Labute approximate surface area is 56.1 Å². The summed E-state index contributed by atoms with van der Waals surface area (Å²) in [4.78, 5) is 0. The fourth-order valence-corrected chi connectivity index (χ4v) is 1.59. The number of allylic oxidation sites excluding steroid dienone is 1. The molecular formula is C8H11N. The van der Waals surface area contributed by atoms with Crippen LogP contribution in [0.1, 0.15) is 12.8 Å². The summed E-state index contributed by atoms with van der Waals surface area (Å²) in [5.41, 5.74) is 0. The van der Waals surface area contributed by atoms with Gasteiger partial charge in [0.25, 0.3) is 0 Å². The molecular weight excluding hydrogens is 110 g/mol. The van der Waals surface area contributed by atoms with E-state index in [9.17, 15) is 0 Å². The van der Waals surface area contributed by atoms with Crippen molar-refractivity contribution in [3.05, 3.63) is 18.7 Å². The zero-order valence-corrected chi connectivity index (χ0v) is 5.43. The van der Waals surface area contributed by atoms with E-state index in [0.717, 1.165) is 12.5 Å². The van der Waals surface area contributed by atoms with Gasteiger partial charge in [-0.1, -0.05) is 12.2 Å². The van der Waals surface area contributed by atoms with Crippen molar-refractivity contribution in [3.63, 3.8) is 0 Å². The van der Waals surface area contributed by atoms with Gasteiger partial charge in [-0.15, -0.1) is 0 Å². The third kappa shape index (κ3) is 0.897. The Kier molecular flexibility index (Phi) is 1.31. The van der Waals surface area contributed by atoms with Gasteiger partial charge in [0.15, 0.2) is 0 Å². The van der Waals surface area contributed by atoms with Crippen molar-refractivity contribution in [1.82, 2.24) is 5.32 Å². The highest BCUT2D eigenvalue weighted by Gasteiger charge is 2.26. The van der Waals surface area contributed by atoms with Crippen LogP contribution in [0.15, 0.2) is 12.2 Å². The van der Waals surface area contributed by atoms with E-state index in [2.05, 4.69) is 24.0 Å². The van der Waals surface area contributed by atoms with Gasteiger partial charge >= 0.3 is 0 Å². The third-order valence-electron chi connectivity index (χ3n) is 2.19. The van der Waals surface area contributed by atoms with Gasteiger partial charge < -0.3 is 5.32 Å². The SMILES string of the molecule is [C]1NCC2CCC=CC12.